The third-order valence-corrected chi connectivity index (χ3v) is 3.16. The molecule has 6 heteroatoms. The highest BCUT2D eigenvalue weighted by Crippen LogP contribution is 2.18. The molecule has 0 aromatic heterocycles. The van der Waals surface area contributed by atoms with E-state index in [0.29, 0.717) is 18.0 Å². The van der Waals surface area contributed by atoms with Crippen molar-refractivity contribution in [3.05, 3.63) is 0 Å². The lowest BCUT2D eigenvalue weighted by atomic mass is 10.2. The Hall–Kier alpha value is -1.30. The van der Waals surface area contributed by atoms with Gasteiger partial charge in [0.1, 0.15) is 6.54 Å². The zero-order valence-corrected chi connectivity index (χ0v) is 10.0. The zero-order chi connectivity index (χ0) is 12.1. The maximum Gasteiger partial charge on any atom is 0.242 e. The number of nitrogens with zero attached hydrogens (tertiary/aromatic N) is 1. The van der Waals surface area contributed by atoms with E-state index in [1.165, 1.54) is 12.8 Å². The van der Waals surface area contributed by atoms with Gasteiger partial charge in [-0.3, -0.25) is 10.2 Å². The monoisotopic (exact) mass is 239 g/mol. The minimum absolute atomic E-state index is 0.0338. The van der Waals surface area contributed by atoms with Crippen LogP contribution in [0.2, 0.25) is 0 Å². The summed E-state index contributed by atoms with van der Waals surface area (Å²) in [4.78, 5) is 15.6. The van der Waals surface area contributed by atoms with Crippen LogP contribution >= 0.6 is 0 Å². The third-order valence-electron chi connectivity index (χ3n) is 3.16. The van der Waals surface area contributed by atoms with Crippen LogP contribution in [0.5, 0.6) is 0 Å². The Morgan fingerprint density at radius 1 is 1.12 bits per heavy atom. The fourth-order valence-corrected chi connectivity index (χ4v) is 2.05. The maximum atomic E-state index is 11.4. The number of aliphatic imine (C=N–C) groups is 1. The Balaban J connectivity index is 1.72. The summed E-state index contributed by atoms with van der Waals surface area (Å²) in [5.41, 5.74) is 2.51. The first-order chi connectivity index (χ1) is 8.28. The molecule has 2 aliphatic carbocycles. The highest BCUT2D eigenvalue weighted by molar-refractivity contribution is 5.85. The van der Waals surface area contributed by atoms with Gasteiger partial charge in [0.05, 0.1) is 0 Å². The Morgan fingerprint density at radius 3 is 2.35 bits per heavy atom. The molecule has 2 rings (SSSR count). The van der Waals surface area contributed by atoms with E-state index >= 15 is 0 Å². The van der Waals surface area contributed by atoms with E-state index in [9.17, 15) is 4.79 Å². The van der Waals surface area contributed by atoms with Crippen LogP contribution in [0.25, 0.3) is 0 Å². The number of nitrogens with two attached hydrogens (primary N) is 1. The second-order valence-corrected chi connectivity index (χ2v) is 4.78. The van der Waals surface area contributed by atoms with Crippen LogP contribution < -0.4 is 21.9 Å². The number of nitrogens with one attached hydrogen (secondary N) is 3. The molecule has 2 aliphatic rings. The largest absolute Gasteiger partial charge is 0.353 e. The maximum absolute atomic E-state index is 11.4. The van der Waals surface area contributed by atoms with Gasteiger partial charge in [0.15, 0.2) is 0 Å². The summed E-state index contributed by atoms with van der Waals surface area (Å²) in [7, 11) is 0. The summed E-state index contributed by atoms with van der Waals surface area (Å²) < 4.78 is 0. The summed E-state index contributed by atoms with van der Waals surface area (Å²) in [5, 5.41) is 6.11. The lowest BCUT2D eigenvalue weighted by Gasteiger charge is -2.14. The molecule has 17 heavy (non-hydrogen) atoms. The first-order valence-corrected chi connectivity index (χ1v) is 6.35. The normalized spacial score (nSPS) is 21.4. The molecule has 1 amide bonds. The third kappa shape index (κ3) is 4.22. The van der Waals surface area contributed by atoms with Crippen molar-refractivity contribution in [1.29, 1.82) is 0 Å². The minimum Gasteiger partial charge on any atom is -0.353 e. The van der Waals surface area contributed by atoms with Crippen molar-refractivity contribution in [1.82, 2.24) is 16.1 Å². The van der Waals surface area contributed by atoms with E-state index in [1.54, 1.807) is 0 Å². The van der Waals surface area contributed by atoms with E-state index in [0.717, 1.165) is 25.7 Å². The summed E-state index contributed by atoms with van der Waals surface area (Å²) in [6.45, 7) is 0.135. The predicted octanol–water partition coefficient (Wildman–Crippen LogP) is -0.383. The summed E-state index contributed by atoms with van der Waals surface area (Å²) >= 11 is 0. The van der Waals surface area contributed by atoms with Gasteiger partial charge in [-0.1, -0.05) is 12.8 Å². The smallest absolute Gasteiger partial charge is 0.242 e. The topological polar surface area (TPSA) is 91.5 Å². The molecule has 2 fully saturated rings. The molecular weight excluding hydrogens is 218 g/mol. The molecule has 6 nitrogen and oxygen atoms in total. The summed E-state index contributed by atoms with van der Waals surface area (Å²) in [6, 6.07) is 0.825. The van der Waals surface area contributed by atoms with Crippen molar-refractivity contribution < 1.29 is 4.79 Å². The molecule has 0 saturated heterocycles. The molecule has 5 N–H and O–H groups in total. The highest BCUT2D eigenvalue weighted by atomic mass is 16.2. The molecule has 0 aliphatic heterocycles. The van der Waals surface area contributed by atoms with Crippen LogP contribution in [0.4, 0.5) is 0 Å². The summed E-state index contributed by atoms with van der Waals surface area (Å²) in [5.74, 6) is 5.86. The molecule has 0 aromatic rings. The number of amides is 1. The first kappa shape index (κ1) is 12.2. The van der Waals surface area contributed by atoms with Gasteiger partial charge in [-0.25, -0.2) is 10.8 Å². The fourth-order valence-electron chi connectivity index (χ4n) is 2.05. The van der Waals surface area contributed by atoms with E-state index in [-0.39, 0.29) is 12.5 Å². The van der Waals surface area contributed by atoms with E-state index in [1.807, 2.05) is 0 Å². The van der Waals surface area contributed by atoms with E-state index in [2.05, 4.69) is 21.1 Å². The van der Waals surface area contributed by atoms with Gasteiger partial charge in [-0.15, -0.1) is 0 Å². The van der Waals surface area contributed by atoms with Crippen LogP contribution in [-0.4, -0.2) is 30.5 Å². The Labute approximate surface area is 101 Å². The fraction of sp³-hybridized carbons (Fsp3) is 0.818. The van der Waals surface area contributed by atoms with Crippen LogP contribution in [-0.2, 0) is 4.79 Å². The molecule has 96 valence electrons. The molecule has 0 spiro atoms. The molecule has 0 bridgehead atoms. The average molecular weight is 239 g/mol. The zero-order valence-electron chi connectivity index (χ0n) is 10.0. The predicted molar refractivity (Wildman–Crippen MR) is 66.2 cm³/mol. The number of hydrogen-bond donors (Lipinski definition) is 4. The van der Waals surface area contributed by atoms with Crippen molar-refractivity contribution >= 4 is 11.9 Å². The molecule has 0 atom stereocenters. The Morgan fingerprint density at radius 2 is 1.76 bits per heavy atom. The summed E-state index contributed by atoms with van der Waals surface area (Å²) in [6.07, 6.45) is 6.98. The second kappa shape index (κ2) is 5.86. The molecule has 0 aromatic carbocycles. The van der Waals surface area contributed by atoms with Crippen LogP contribution in [0, 0.1) is 0 Å². The van der Waals surface area contributed by atoms with Crippen LogP contribution in [0.15, 0.2) is 4.99 Å². The quantitative estimate of drug-likeness (QED) is 0.233. The van der Waals surface area contributed by atoms with Gasteiger partial charge < -0.3 is 10.6 Å². The molecule has 0 heterocycles. The van der Waals surface area contributed by atoms with Crippen molar-refractivity contribution in [3.63, 3.8) is 0 Å². The minimum atomic E-state index is -0.0338. The Kier molecular flexibility index (Phi) is 4.19. The Bertz CT molecular complexity index is 294. The number of hydrogen-bond acceptors (Lipinski definition) is 3. The first-order valence-electron chi connectivity index (χ1n) is 6.35. The van der Waals surface area contributed by atoms with Gasteiger partial charge in [0.2, 0.25) is 11.9 Å². The van der Waals surface area contributed by atoms with Crippen molar-refractivity contribution in [2.24, 2.45) is 10.8 Å². The van der Waals surface area contributed by atoms with Gasteiger partial charge in [0, 0.05) is 12.1 Å². The van der Waals surface area contributed by atoms with E-state index in [4.69, 9.17) is 5.84 Å². The molecule has 0 unspecified atom stereocenters. The van der Waals surface area contributed by atoms with Gasteiger partial charge in [0.25, 0.3) is 0 Å². The number of hydrazine groups is 1. The number of guanidine groups is 1. The van der Waals surface area contributed by atoms with Crippen molar-refractivity contribution in [2.75, 3.05) is 6.54 Å². The highest BCUT2D eigenvalue weighted by Gasteiger charge is 2.23. The SMILES string of the molecule is NNC(=NCC(=O)NC1CC1)NC1CCCC1. The molecular formula is C11H21N5O. The number of carbonyl (C=O) groups is 1. The van der Waals surface area contributed by atoms with Gasteiger partial charge in [-0.05, 0) is 25.7 Å². The molecule has 2 saturated carbocycles. The van der Waals surface area contributed by atoms with Crippen molar-refractivity contribution in [2.45, 2.75) is 50.6 Å². The number of rotatable bonds is 4. The lowest BCUT2D eigenvalue weighted by Crippen LogP contribution is -2.46. The van der Waals surface area contributed by atoms with Crippen LogP contribution in [0.1, 0.15) is 38.5 Å². The standard InChI is InChI=1S/C11H21N5O/c12-16-11(15-8-3-1-2-4-8)13-7-10(17)14-9-5-6-9/h8-9H,1-7,12H2,(H,14,17)(H2,13,15,16). The van der Waals surface area contributed by atoms with Gasteiger partial charge in [-0.2, -0.15) is 0 Å². The van der Waals surface area contributed by atoms with E-state index < -0.39 is 0 Å². The number of carbonyl (C=O) groups excluding carboxylic acids is 1. The van der Waals surface area contributed by atoms with Crippen molar-refractivity contribution in [3.8, 4) is 0 Å². The molecule has 0 radical (unpaired) electrons. The van der Waals surface area contributed by atoms with Gasteiger partial charge >= 0.3 is 0 Å². The lowest BCUT2D eigenvalue weighted by molar-refractivity contribution is -0.119. The second-order valence-electron chi connectivity index (χ2n) is 4.78. The average Bonchev–Trinajstić information content (AvgIpc) is 2.98. The van der Waals surface area contributed by atoms with Crippen LogP contribution in [0.3, 0.4) is 0 Å².